The van der Waals surface area contributed by atoms with Crippen LogP contribution in [0.3, 0.4) is 0 Å². The average Bonchev–Trinajstić information content (AvgIpc) is 2.42. The van der Waals surface area contributed by atoms with Gasteiger partial charge in [0.2, 0.25) is 11.8 Å². The largest absolute Gasteiger partial charge is 0.395 e. The molecule has 6 nitrogen and oxygen atoms in total. The van der Waals surface area contributed by atoms with Crippen molar-refractivity contribution < 1.29 is 19.8 Å². The van der Waals surface area contributed by atoms with E-state index in [4.69, 9.17) is 10.2 Å². The van der Waals surface area contributed by atoms with Crippen molar-refractivity contribution in [2.45, 2.75) is 18.5 Å². The average molecular weight is 202 g/mol. The Morgan fingerprint density at radius 2 is 2.07 bits per heavy atom. The number of aliphatic hydroxyl groups is 2. The third-order valence-electron chi connectivity index (χ3n) is 2.26. The summed E-state index contributed by atoms with van der Waals surface area (Å²) in [6.45, 7) is -0.531. The summed E-state index contributed by atoms with van der Waals surface area (Å²) in [5, 5.41) is 20.3. The molecular formula is C8H14N2O4. The van der Waals surface area contributed by atoms with Gasteiger partial charge in [-0.05, 0) is 0 Å². The SMILES string of the molecule is CN1C(=O)CC(NC(CO)CO)C1=O. The van der Waals surface area contributed by atoms with Gasteiger partial charge in [-0.25, -0.2) is 0 Å². The highest BCUT2D eigenvalue weighted by Crippen LogP contribution is 2.10. The second-order valence-corrected chi connectivity index (χ2v) is 3.28. The molecule has 0 saturated carbocycles. The van der Waals surface area contributed by atoms with Gasteiger partial charge in [-0.15, -0.1) is 0 Å². The molecule has 1 fully saturated rings. The van der Waals surface area contributed by atoms with Gasteiger partial charge < -0.3 is 10.2 Å². The lowest BCUT2D eigenvalue weighted by Crippen LogP contribution is -2.46. The van der Waals surface area contributed by atoms with Gasteiger partial charge in [0.05, 0.1) is 31.7 Å². The molecule has 0 bridgehead atoms. The number of rotatable bonds is 4. The Labute approximate surface area is 81.5 Å². The summed E-state index contributed by atoms with van der Waals surface area (Å²) in [6.07, 6.45) is 0.0891. The lowest BCUT2D eigenvalue weighted by molar-refractivity contribution is -0.137. The van der Waals surface area contributed by atoms with Crippen LogP contribution in [0.25, 0.3) is 0 Å². The summed E-state index contributed by atoms with van der Waals surface area (Å²) in [6, 6.07) is -1.17. The van der Waals surface area contributed by atoms with E-state index in [0.717, 1.165) is 4.90 Å². The highest BCUT2D eigenvalue weighted by atomic mass is 16.3. The standard InChI is InChI=1S/C8H14N2O4/c1-10-7(13)2-6(8(10)14)9-5(3-11)4-12/h5-6,9,11-12H,2-4H2,1H3. The maximum Gasteiger partial charge on any atom is 0.246 e. The number of nitrogens with zero attached hydrogens (tertiary/aromatic N) is 1. The van der Waals surface area contributed by atoms with Crippen LogP contribution in [0.2, 0.25) is 0 Å². The molecule has 0 radical (unpaired) electrons. The number of hydrogen-bond donors (Lipinski definition) is 3. The van der Waals surface area contributed by atoms with Crippen molar-refractivity contribution in [2.75, 3.05) is 20.3 Å². The van der Waals surface area contributed by atoms with Crippen molar-refractivity contribution in [3.63, 3.8) is 0 Å². The van der Waals surface area contributed by atoms with Crippen LogP contribution in [0.1, 0.15) is 6.42 Å². The summed E-state index contributed by atoms with van der Waals surface area (Å²) in [5.74, 6) is -0.566. The summed E-state index contributed by atoms with van der Waals surface area (Å²) in [7, 11) is 1.42. The van der Waals surface area contributed by atoms with E-state index in [9.17, 15) is 9.59 Å². The molecule has 3 N–H and O–H groups in total. The first-order valence-corrected chi connectivity index (χ1v) is 4.38. The van der Waals surface area contributed by atoms with Gasteiger partial charge in [-0.2, -0.15) is 0 Å². The highest BCUT2D eigenvalue weighted by molar-refractivity contribution is 6.05. The molecule has 80 valence electrons. The molecule has 6 heteroatoms. The zero-order valence-electron chi connectivity index (χ0n) is 7.93. The molecule has 1 aliphatic heterocycles. The Kier molecular flexibility index (Phi) is 3.56. The molecule has 1 heterocycles. The Morgan fingerprint density at radius 3 is 2.43 bits per heavy atom. The van der Waals surface area contributed by atoms with Crippen LogP contribution in [0.4, 0.5) is 0 Å². The molecule has 0 aliphatic carbocycles. The first-order chi connectivity index (χ1) is 6.60. The maximum atomic E-state index is 11.4. The predicted octanol–water partition coefficient (Wildman–Crippen LogP) is -2.31. The first kappa shape index (κ1) is 11.1. The van der Waals surface area contributed by atoms with Gasteiger partial charge in [-0.3, -0.25) is 19.8 Å². The second kappa shape index (κ2) is 4.50. The van der Waals surface area contributed by atoms with Crippen LogP contribution in [0.5, 0.6) is 0 Å². The van der Waals surface area contributed by atoms with E-state index in [1.807, 2.05) is 0 Å². The van der Waals surface area contributed by atoms with E-state index in [-0.39, 0.29) is 31.4 Å². The van der Waals surface area contributed by atoms with Crippen molar-refractivity contribution in [1.82, 2.24) is 10.2 Å². The molecule has 0 aromatic heterocycles. The molecule has 1 atom stereocenters. The van der Waals surface area contributed by atoms with E-state index < -0.39 is 12.1 Å². The Hall–Kier alpha value is -0.980. The number of amides is 2. The fourth-order valence-electron chi connectivity index (χ4n) is 1.33. The number of likely N-dealkylation sites (N-methyl/N-ethyl adjacent to an activating group) is 1. The number of likely N-dealkylation sites (tertiary alicyclic amines) is 1. The minimum absolute atomic E-state index is 0.0891. The molecule has 1 rings (SSSR count). The van der Waals surface area contributed by atoms with Crippen LogP contribution in [0, 0.1) is 0 Å². The molecular weight excluding hydrogens is 188 g/mol. The highest BCUT2D eigenvalue weighted by Gasteiger charge is 2.36. The summed E-state index contributed by atoms with van der Waals surface area (Å²) >= 11 is 0. The van der Waals surface area contributed by atoms with Crippen LogP contribution >= 0.6 is 0 Å². The van der Waals surface area contributed by atoms with Gasteiger partial charge in [0.15, 0.2) is 0 Å². The molecule has 0 aromatic carbocycles. The van der Waals surface area contributed by atoms with Crippen LogP contribution in [0.15, 0.2) is 0 Å². The predicted molar refractivity (Wildman–Crippen MR) is 47.3 cm³/mol. The summed E-state index contributed by atoms with van der Waals surface area (Å²) < 4.78 is 0. The van der Waals surface area contributed by atoms with Gasteiger partial charge in [0.1, 0.15) is 0 Å². The quantitative estimate of drug-likeness (QED) is 0.445. The van der Waals surface area contributed by atoms with E-state index in [0.29, 0.717) is 0 Å². The van der Waals surface area contributed by atoms with Gasteiger partial charge >= 0.3 is 0 Å². The fourth-order valence-corrected chi connectivity index (χ4v) is 1.33. The summed E-state index contributed by atoms with van der Waals surface area (Å²) in [5.41, 5.74) is 0. The summed E-state index contributed by atoms with van der Waals surface area (Å²) in [4.78, 5) is 23.5. The number of carbonyl (C=O) groups excluding carboxylic acids is 2. The number of nitrogens with one attached hydrogen (secondary N) is 1. The molecule has 1 unspecified atom stereocenters. The number of hydrogen-bond acceptors (Lipinski definition) is 5. The lowest BCUT2D eigenvalue weighted by atomic mass is 10.2. The zero-order chi connectivity index (χ0) is 10.7. The Balaban J connectivity index is 2.54. The van der Waals surface area contributed by atoms with Crippen LogP contribution in [-0.2, 0) is 9.59 Å². The Bertz CT molecular complexity index is 239. The van der Waals surface area contributed by atoms with Crippen molar-refractivity contribution in [3.05, 3.63) is 0 Å². The topological polar surface area (TPSA) is 89.9 Å². The van der Waals surface area contributed by atoms with Gasteiger partial charge in [-0.1, -0.05) is 0 Å². The van der Waals surface area contributed by atoms with E-state index in [1.165, 1.54) is 7.05 Å². The number of aliphatic hydroxyl groups excluding tert-OH is 2. The Morgan fingerprint density at radius 1 is 1.50 bits per heavy atom. The smallest absolute Gasteiger partial charge is 0.246 e. The zero-order valence-corrected chi connectivity index (χ0v) is 7.93. The third-order valence-corrected chi connectivity index (χ3v) is 2.26. The normalized spacial score (nSPS) is 22.6. The molecule has 14 heavy (non-hydrogen) atoms. The molecule has 0 aromatic rings. The molecule has 1 aliphatic rings. The van der Waals surface area contributed by atoms with Gasteiger partial charge in [0.25, 0.3) is 0 Å². The number of carbonyl (C=O) groups is 2. The fraction of sp³-hybridized carbons (Fsp3) is 0.750. The van der Waals surface area contributed by atoms with Crippen LogP contribution < -0.4 is 5.32 Å². The van der Waals surface area contributed by atoms with E-state index >= 15 is 0 Å². The van der Waals surface area contributed by atoms with Crippen molar-refractivity contribution in [2.24, 2.45) is 0 Å². The van der Waals surface area contributed by atoms with Crippen molar-refractivity contribution in [3.8, 4) is 0 Å². The number of imide groups is 1. The van der Waals surface area contributed by atoms with E-state index in [2.05, 4.69) is 5.32 Å². The molecule has 0 spiro atoms. The van der Waals surface area contributed by atoms with Crippen molar-refractivity contribution >= 4 is 11.8 Å². The van der Waals surface area contributed by atoms with Gasteiger partial charge in [0, 0.05) is 7.05 Å². The van der Waals surface area contributed by atoms with E-state index in [1.54, 1.807) is 0 Å². The third kappa shape index (κ3) is 2.09. The van der Waals surface area contributed by atoms with Crippen LogP contribution in [-0.4, -0.2) is 59.3 Å². The molecule has 2 amide bonds. The van der Waals surface area contributed by atoms with Crippen molar-refractivity contribution in [1.29, 1.82) is 0 Å². The minimum Gasteiger partial charge on any atom is -0.395 e. The second-order valence-electron chi connectivity index (χ2n) is 3.28. The molecule has 1 saturated heterocycles. The minimum atomic E-state index is -0.614. The first-order valence-electron chi connectivity index (χ1n) is 4.38. The maximum absolute atomic E-state index is 11.4. The lowest BCUT2D eigenvalue weighted by Gasteiger charge is -2.17. The monoisotopic (exact) mass is 202 g/mol.